The van der Waals surface area contributed by atoms with E-state index < -0.39 is 0 Å². The first-order chi connectivity index (χ1) is 9.00. The van der Waals surface area contributed by atoms with Crippen LogP contribution in [0.25, 0.3) is 0 Å². The van der Waals surface area contributed by atoms with Crippen molar-refractivity contribution >= 4 is 0 Å². The van der Waals surface area contributed by atoms with Gasteiger partial charge in [-0.05, 0) is 37.6 Å². The van der Waals surface area contributed by atoms with Crippen LogP contribution in [0.2, 0.25) is 0 Å². The van der Waals surface area contributed by atoms with E-state index in [0.29, 0.717) is 5.41 Å². The van der Waals surface area contributed by atoms with Crippen LogP contribution in [0.4, 0.5) is 0 Å². The summed E-state index contributed by atoms with van der Waals surface area (Å²) >= 11 is 0. The number of hydrogen-bond acceptors (Lipinski definition) is 2. The molecule has 1 rings (SSSR count). The van der Waals surface area contributed by atoms with Crippen molar-refractivity contribution in [3.8, 4) is 0 Å². The van der Waals surface area contributed by atoms with Crippen LogP contribution in [0.15, 0.2) is 0 Å². The molecule has 1 atom stereocenters. The molecular formula is C17H36N2. The maximum atomic E-state index is 3.42. The quantitative estimate of drug-likeness (QED) is 0.682. The lowest BCUT2D eigenvalue weighted by Crippen LogP contribution is -2.46. The van der Waals surface area contributed by atoms with Crippen LogP contribution >= 0.6 is 0 Å². The fourth-order valence-corrected chi connectivity index (χ4v) is 3.83. The first-order valence-electron chi connectivity index (χ1n) is 8.39. The van der Waals surface area contributed by atoms with Gasteiger partial charge < -0.3 is 5.32 Å². The third kappa shape index (κ3) is 5.83. The van der Waals surface area contributed by atoms with Crippen molar-refractivity contribution < 1.29 is 0 Å². The van der Waals surface area contributed by atoms with E-state index in [1.54, 1.807) is 0 Å². The number of rotatable bonds is 9. The van der Waals surface area contributed by atoms with E-state index in [4.69, 9.17) is 0 Å². The van der Waals surface area contributed by atoms with Gasteiger partial charge in [-0.15, -0.1) is 0 Å². The Hall–Kier alpha value is -0.0800. The minimum absolute atomic E-state index is 0.432. The second kappa shape index (κ2) is 8.26. The summed E-state index contributed by atoms with van der Waals surface area (Å²) in [7, 11) is 2.09. The third-order valence-electron chi connectivity index (χ3n) is 4.48. The molecule has 1 aliphatic carbocycles. The highest BCUT2D eigenvalue weighted by Gasteiger charge is 2.30. The van der Waals surface area contributed by atoms with Crippen molar-refractivity contribution in [3.63, 3.8) is 0 Å². The van der Waals surface area contributed by atoms with Gasteiger partial charge in [-0.3, -0.25) is 4.90 Å². The lowest BCUT2D eigenvalue weighted by molar-refractivity contribution is 0.100. The summed E-state index contributed by atoms with van der Waals surface area (Å²) in [6, 6.07) is 0.857. The molecule has 0 heterocycles. The first-order valence-corrected chi connectivity index (χ1v) is 8.39. The Bertz CT molecular complexity index is 225. The average Bonchev–Trinajstić information content (AvgIpc) is 2.81. The van der Waals surface area contributed by atoms with Crippen LogP contribution in [0.5, 0.6) is 0 Å². The second-order valence-electron chi connectivity index (χ2n) is 7.35. The van der Waals surface area contributed by atoms with Gasteiger partial charge in [-0.2, -0.15) is 0 Å². The Morgan fingerprint density at radius 1 is 1.26 bits per heavy atom. The van der Waals surface area contributed by atoms with Crippen molar-refractivity contribution in [2.45, 2.75) is 72.3 Å². The second-order valence-corrected chi connectivity index (χ2v) is 7.35. The van der Waals surface area contributed by atoms with Gasteiger partial charge in [0.05, 0.1) is 0 Å². The van der Waals surface area contributed by atoms with E-state index >= 15 is 0 Å². The lowest BCUT2D eigenvalue weighted by atomic mass is 9.84. The third-order valence-corrected chi connectivity index (χ3v) is 4.48. The molecule has 0 aromatic rings. The molecule has 1 N–H and O–H groups in total. The Morgan fingerprint density at radius 2 is 1.89 bits per heavy atom. The zero-order chi connectivity index (χ0) is 14.3. The van der Waals surface area contributed by atoms with Gasteiger partial charge in [0.1, 0.15) is 0 Å². The Kier molecular flexibility index (Phi) is 7.38. The summed E-state index contributed by atoms with van der Waals surface area (Å²) in [6.45, 7) is 13.2. The van der Waals surface area contributed by atoms with Gasteiger partial charge >= 0.3 is 0 Å². The summed E-state index contributed by atoms with van der Waals surface area (Å²) in [4.78, 5) is 2.81. The summed E-state index contributed by atoms with van der Waals surface area (Å²) in [5, 5.41) is 3.42. The lowest BCUT2D eigenvalue weighted by Gasteiger charge is -2.39. The summed E-state index contributed by atoms with van der Waals surface area (Å²) < 4.78 is 0. The molecule has 0 aromatic carbocycles. The molecule has 2 heteroatoms. The van der Waals surface area contributed by atoms with E-state index in [1.165, 1.54) is 51.6 Å². The van der Waals surface area contributed by atoms with E-state index in [1.807, 2.05) is 0 Å². The van der Waals surface area contributed by atoms with Crippen molar-refractivity contribution in [2.75, 3.05) is 26.7 Å². The summed E-state index contributed by atoms with van der Waals surface area (Å²) in [6.07, 6.45) is 8.35. The van der Waals surface area contributed by atoms with Gasteiger partial charge in [0.2, 0.25) is 0 Å². The predicted octanol–water partition coefficient (Wildman–Crippen LogP) is 3.91. The van der Waals surface area contributed by atoms with Crippen molar-refractivity contribution in [1.29, 1.82) is 0 Å². The Labute approximate surface area is 121 Å². The molecule has 1 saturated carbocycles. The Morgan fingerprint density at radius 3 is 2.37 bits per heavy atom. The van der Waals surface area contributed by atoms with Crippen LogP contribution in [-0.4, -0.2) is 37.6 Å². The predicted molar refractivity (Wildman–Crippen MR) is 85.6 cm³/mol. The molecule has 114 valence electrons. The number of hydrogen-bond donors (Lipinski definition) is 1. The highest BCUT2D eigenvalue weighted by atomic mass is 15.2. The number of nitrogens with zero attached hydrogens (tertiary/aromatic N) is 1. The van der Waals surface area contributed by atoms with Crippen molar-refractivity contribution in [2.24, 2.45) is 11.3 Å². The standard InChI is InChI=1S/C17H36N2/c1-6-11-17(4,13-18-5)14-19(12-15(2)3)16-9-7-8-10-16/h15-16,18H,6-14H2,1-5H3. The minimum atomic E-state index is 0.432. The molecule has 2 nitrogen and oxygen atoms in total. The topological polar surface area (TPSA) is 15.3 Å². The van der Waals surface area contributed by atoms with E-state index in [9.17, 15) is 0 Å². The molecule has 0 amide bonds. The van der Waals surface area contributed by atoms with Gasteiger partial charge in [-0.25, -0.2) is 0 Å². The molecule has 1 unspecified atom stereocenters. The largest absolute Gasteiger partial charge is 0.319 e. The van der Waals surface area contributed by atoms with Crippen LogP contribution in [0.1, 0.15) is 66.2 Å². The molecule has 0 bridgehead atoms. The van der Waals surface area contributed by atoms with Gasteiger partial charge in [0.15, 0.2) is 0 Å². The maximum absolute atomic E-state index is 3.42. The molecule has 1 aliphatic rings. The van der Waals surface area contributed by atoms with Gasteiger partial charge in [0.25, 0.3) is 0 Å². The molecule has 0 aliphatic heterocycles. The fourth-order valence-electron chi connectivity index (χ4n) is 3.83. The molecule has 19 heavy (non-hydrogen) atoms. The maximum Gasteiger partial charge on any atom is 0.00956 e. The first kappa shape index (κ1) is 17.0. The molecule has 0 aromatic heterocycles. The van der Waals surface area contributed by atoms with Gasteiger partial charge in [-0.1, -0.05) is 47.0 Å². The summed E-state index contributed by atoms with van der Waals surface area (Å²) in [5.74, 6) is 0.779. The SMILES string of the molecule is CCCC(C)(CNC)CN(CC(C)C)C1CCCC1. The monoisotopic (exact) mass is 268 g/mol. The molecule has 0 spiro atoms. The highest BCUT2D eigenvalue weighted by molar-refractivity contribution is 4.85. The average molecular weight is 268 g/mol. The fraction of sp³-hybridized carbons (Fsp3) is 1.00. The van der Waals surface area contributed by atoms with E-state index in [2.05, 4.69) is 45.0 Å². The zero-order valence-electron chi connectivity index (χ0n) is 14.0. The summed E-state index contributed by atoms with van der Waals surface area (Å²) in [5.41, 5.74) is 0.432. The zero-order valence-corrected chi connectivity index (χ0v) is 14.0. The molecular weight excluding hydrogens is 232 g/mol. The molecule has 1 fully saturated rings. The normalized spacial score (nSPS) is 20.4. The molecule has 0 saturated heterocycles. The van der Waals surface area contributed by atoms with Crippen LogP contribution < -0.4 is 5.32 Å². The minimum Gasteiger partial charge on any atom is -0.319 e. The van der Waals surface area contributed by atoms with Crippen molar-refractivity contribution in [3.05, 3.63) is 0 Å². The number of nitrogens with one attached hydrogen (secondary N) is 1. The Balaban J connectivity index is 2.66. The van der Waals surface area contributed by atoms with E-state index in [-0.39, 0.29) is 0 Å². The van der Waals surface area contributed by atoms with E-state index in [0.717, 1.165) is 18.5 Å². The van der Waals surface area contributed by atoms with Crippen molar-refractivity contribution in [1.82, 2.24) is 10.2 Å². The van der Waals surface area contributed by atoms with Crippen LogP contribution in [0.3, 0.4) is 0 Å². The van der Waals surface area contributed by atoms with Gasteiger partial charge in [0, 0.05) is 25.7 Å². The smallest absolute Gasteiger partial charge is 0.00956 e. The molecule has 0 radical (unpaired) electrons. The van der Waals surface area contributed by atoms with Crippen LogP contribution in [-0.2, 0) is 0 Å². The van der Waals surface area contributed by atoms with Crippen LogP contribution in [0, 0.1) is 11.3 Å². The highest BCUT2D eigenvalue weighted by Crippen LogP contribution is 2.30.